The second kappa shape index (κ2) is 17.8. The maximum Gasteiger partial charge on any atom is 0.193 e. The lowest BCUT2D eigenvalue weighted by atomic mass is 9.67. The summed E-state index contributed by atoms with van der Waals surface area (Å²) in [5.74, 6) is 0.0568. The topological polar surface area (TPSA) is 17.1 Å². The first kappa shape index (κ1) is 39.1. The molecule has 0 aliphatic heterocycles. The van der Waals surface area contributed by atoms with Gasteiger partial charge in [0.05, 0.1) is 5.41 Å². The van der Waals surface area contributed by atoms with Crippen molar-refractivity contribution in [2.45, 2.75) is 19.3 Å². The molecule has 0 spiro atoms. The van der Waals surface area contributed by atoms with Gasteiger partial charge in [0.15, 0.2) is 5.78 Å². The summed E-state index contributed by atoms with van der Waals surface area (Å²) in [5, 5.41) is 0. The Hall–Kier alpha value is -5.13. The number of carbonyl (C=O) groups is 1. The fourth-order valence-corrected chi connectivity index (χ4v) is 8.68. The van der Waals surface area contributed by atoms with Gasteiger partial charge in [-0.2, -0.15) is 0 Å². The van der Waals surface area contributed by atoms with Crippen LogP contribution in [-0.4, -0.2) is 5.78 Å². The molecule has 0 heterocycles. The SMILES string of the molecule is Brc1ccccc1-c1ccccc1.Cc1ccc(C(=O)c2cccc(Br)c2)cc1.Cc1ccc(C2(c3cccc(Br)c3)c3ccccc3-c3ccccc32)cc1. The molecule has 0 aromatic heterocycles. The third-order valence-electron chi connectivity index (χ3n) is 10.1. The van der Waals surface area contributed by atoms with Crippen molar-refractivity contribution in [2.75, 3.05) is 0 Å². The van der Waals surface area contributed by atoms with Crippen molar-refractivity contribution in [1.82, 2.24) is 0 Å². The molecule has 0 bridgehead atoms. The molecule has 1 aliphatic carbocycles. The highest BCUT2D eigenvalue weighted by Crippen LogP contribution is 2.56. The predicted molar refractivity (Wildman–Crippen MR) is 245 cm³/mol. The highest BCUT2D eigenvalue weighted by atomic mass is 79.9. The second-order valence-corrected chi connectivity index (χ2v) is 16.5. The number of carbonyl (C=O) groups excluding carboxylic acids is 1. The number of benzene rings is 8. The van der Waals surface area contributed by atoms with E-state index in [1.807, 2.05) is 73.7 Å². The summed E-state index contributed by atoms with van der Waals surface area (Å²) in [7, 11) is 0. The van der Waals surface area contributed by atoms with Crippen molar-refractivity contribution in [3.63, 3.8) is 0 Å². The molecule has 274 valence electrons. The van der Waals surface area contributed by atoms with Crippen molar-refractivity contribution >= 4 is 53.6 Å². The summed E-state index contributed by atoms with van der Waals surface area (Å²) in [6.45, 7) is 4.15. The van der Waals surface area contributed by atoms with E-state index in [9.17, 15) is 4.79 Å². The maximum absolute atomic E-state index is 12.1. The van der Waals surface area contributed by atoms with Crippen LogP contribution in [0.4, 0.5) is 0 Å². The fraction of sp³-hybridized carbons (Fsp3) is 0.0577. The van der Waals surface area contributed by atoms with E-state index in [-0.39, 0.29) is 11.2 Å². The molecule has 0 saturated carbocycles. The van der Waals surface area contributed by atoms with E-state index >= 15 is 0 Å². The van der Waals surface area contributed by atoms with Gasteiger partial charge in [0.25, 0.3) is 0 Å². The first-order chi connectivity index (χ1) is 27.3. The van der Waals surface area contributed by atoms with Crippen LogP contribution in [0.1, 0.15) is 49.3 Å². The van der Waals surface area contributed by atoms with Crippen LogP contribution in [0, 0.1) is 13.8 Å². The Balaban J connectivity index is 0.000000141. The molecule has 0 unspecified atom stereocenters. The normalized spacial score (nSPS) is 11.9. The molecule has 4 heteroatoms. The van der Waals surface area contributed by atoms with Crippen molar-refractivity contribution in [2.24, 2.45) is 0 Å². The van der Waals surface area contributed by atoms with Crippen LogP contribution < -0.4 is 0 Å². The first-order valence-electron chi connectivity index (χ1n) is 18.4. The monoisotopic (exact) mass is 916 g/mol. The van der Waals surface area contributed by atoms with Gasteiger partial charge in [-0.3, -0.25) is 4.79 Å². The summed E-state index contributed by atoms with van der Waals surface area (Å²) < 4.78 is 3.17. The van der Waals surface area contributed by atoms with Crippen molar-refractivity contribution in [1.29, 1.82) is 0 Å². The van der Waals surface area contributed by atoms with Crippen molar-refractivity contribution in [3.8, 4) is 22.3 Å². The molecule has 8 aromatic carbocycles. The number of rotatable bonds is 5. The lowest BCUT2D eigenvalue weighted by Gasteiger charge is -2.34. The number of aryl methyl sites for hydroxylation is 2. The lowest BCUT2D eigenvalue weighted by Crippen LogP contribution is -2.28. The lowest BCUT2D eigenvalue weighted by molar-refractivity contribution is 0.103. The zero-order valence-electron chi connectivity index (χ0n) is 31.1. The molecule has 1 nitrogen and oxygen atoms in total. The first-order valence-corrected chi connectivity index (χ1v) is 20.8. The molecule has 0 radical (unpaired) electrons. The maximum atomic E-state index is 12.1. The molecule has 0 fully saturated rings. The minimum atomic E-state index is -0.301. The molecule has 0 N–H and O–H groups in total. The molecule has 1 aliphatic rings. The summed E-state index contributed by atoms with van der Waals surface area (Å²) >= 11 is 10.6. The van der Waals surface area contributed by atoms with E-state index in [0.29, 0.717) is 5.56 Å². The Labute approximate surface area is 355 Å². The van der Waals surface area contributed by atoms with E-state index in [4.69, 9.17) is 0 Å². The van der Waals surface area contributed by atoms with Gasteiger partial charge >= 0.3 is 0 Å². The van der Waals surface area contributed by atoms with E-state index in [2.05, 4.69) is 188 Å². The van der Waals surface area contributed by atoms with Crippen LogP contribution in [-0.2, 0) is 5.41 Å². The van der Waals surface area contributed by atoms with Crippen molar-refractivity contribution < 1.29 is 4.79 Å². The van der Waals surface area contributed by atoms with Gasteiger partial charge in [-0.05, 0) is 88.7 Å². The van der Waals surface area contributed by atoms with Crippen LogP contribution in [0.25, 0.3) is 22.3 Å². The minimum Gasteiger partial charge on any atom is -0.289 e. The molecule has 8 aromatic rings. The Bertz CT molecular complexity index is 2550. The van der Waals surface area contributed by atoms with E-state index < -0.39 is 0 Å². The van der Waals surface area contributed by atoms with Crippen LogP contribution in [0.2, 0.25) is 0 Å². The Morgan fingerprint density at radius 1 is 0.411 bits per heavy atom. The Morgan fingerprint density at radius 2 is 0.911 bits per heavy atom. The zero-order chi connectivity index (χ0) is 39.1. The van der Waals surface area contributed by atoms with Gasteiger partial charge in [-0.25, -0.2) is 0 Å². The molecule has 0 amide bonds. The number of hydrogen-bond donors (Lipinski definition) is 0. The molecular formula is C52H39Br3O. The van der Waals surface area contributed by atoms with Gasteiger partial charge in [-0.15, -0.1) is 0 Å². The van der Waals surface area contributed by atoms with Gasteiger partial charge in [-0.1, -0.05) is 229 Å². The molecular weight excluding hydrogens is 880 g/mol. The van der Waals surface area contributed by atoms with Gasteiger partial charge in [0, 0.05) is 24.5 Å². The van der Waals surface area contributed by atoms with E-state index in [0.717, 1.165) is 24.5 Å². The third kappa shape index (κ3) is 8.34. The summed E-state index contributed by atoms with van der Waals surface area (Å²) in [6.07, 6.45) is 0. The number of ketones is 1. The largest absolute Gasteiger partial charge is 0.289 e. The standard InChI is InChI=1S/C26H19Br.C14H11BrO.C12H9Br/c1-18-13-15-19(16-14-18)26(20-7-6-8-21(27)17-20)24-11-4-2-9-22(24)23-10-3-5-12-25(23)26;1-10-5-7-11(8-6-10)14(16)12-3-2-4-13(15)9-12;13-12-9-5-4-8-11(12)10-6-2-1-3-7-10/h2-17H,1H3;2-9H,1H3;1-9H. The quantitative estimate of drug-likeness (QED) is 0.157. The molecule has 56 heavy (non-hydrogen) atoms. The summed E-state index contributed by atoms with van der Waals surface area (Å²) in [5.41, 5.74) is 14.0. The van der Waals surface area contributed by atoms with Crippen LogP contribution >= 0.6 is 47.8 Å². The van der Waals surface area contributed by atoms with Gasteiger partial charge in [0.1, 0.15) is 0 Å². The minimum absolute atomic E-state index is 0.0568. The zero-order valence-corrected chi connectivity index (χ0v) is 35.9. The van der Waals surface area contributed by atoms with Crippen LogP contribution in [0.3, 0.4) is 0 Å². The van der Waals surface area contributed by atoms with Crippen LogP contribution in [0.5, 0.6) is 0 Å². The second-order valence-electron chi connectivity index (χ2n) is 13.8. The third-order valence-corrected chi connectivity index (χ3v) is 11.7. The highest BCUT2D eigenvalue weighted by Gasteiger charge is 2.45. The van der Waals surface area contributed by atoms with Crippen LogP contribution in [0.15, 0.2) is 214 Å². The van der Waals surface area contributed by atoms with Crippen molar-refractivity contribution in [3.05, 3.63) is 258 Å². The highest BCUT2D eigenvalue weighted by molar-refractivity contribution is 9.11. The summed E-state index contributed by atoms with van der Waals surface area (Å²) in [4.78, 5) is 12.1. The van der Waals surface area contributed by atoms with Gasteiger partial charge in [0.2, 0.25) is 0 Å². The average molecular weight is 920 g/mol. The van der Waals surface area contributed by atoms with Gasteiger partial charge < -0.3 is 0 Å². The number of fused-ring (bicyclic) bond motifs is 3. The Kier molecular flexibility index (Phi) is 12.4. The molecule has 0 saturated heterocycles. The fourth-order valence-electron chi connectivity index (χ4n) is 7.36. The predicted octanol–water partition coefficient (Wildman–Crippen LogP) is 15.2. The number of halogens is 3. The van der Waals surface area contributed by atoms with E-state index in [1.165, 1.54) is 50.1 Å². The Morgan fingerprint density at radius 3 is 1.48 bits per heavy atom. The molecule has 9 rings (SSSR count). The summed E-state index contributed by atoms with van der Waals surface area (Å²) in [6, 6.07) is 69.1. The number of hydrogen-bond acceptors (Lipinski definition) is 1. The average Bonchev–Trinajstić information content (AvgIpc) is 3.53. The smallest absolute Gasteiger partial charge is 0.193 e. The van der Waals surface area contributed by atoms with E-state index in [1.54, 1.807) is 0 Å². The molecule has 0 atom stereocenters.